The van der Waals surface area contributed by atoms with Crippen LogP contribution in [0.2, 0.25) is 0 Å². The van der Waals surface area contributed by atoms with E-state index < -0.39 is 0 Å². The lowest BCUT2D eigenvalue weighted by molar-refractivity contribution is 0.444. The van der Waals surface area contributed by atoms with Crippen molar-refractivity contribution < 1.29 is 10.2 Å². The molecule has 0 spiro atoms. The van der Waals surface area contributed by atoms with Crippen molar-refractivity contribution in [2.75, 3.05) is 0 Å². The van der Waals surface area contributed by atoms with Crippen molar-refractivity contribution in [3.8, 4) is 11.5 Å². The van der Waals surface area contributed by atoms with Crippen molar-refractivity contribution in [3.63, 3.8) is 0 Å². The highest BCUT2D eigenvalue weighted by atomic mass is 16.3. The van der Waals surface area contributed by atoms with Crippen LogP contribution in [0.25, 0.3) is 0 Å². The van der Waals surface area contributed by atoms with Gasteiger partial charge in [-0.3, -0.25) is 9.98 Å². The second-order valence-corrected chi connectivity index (χ2v) is 13.2. The van der Waals surface area contributed by atoms with Crippen LogP contribution in [0.5, 0.6) is 11.5 Å². The van der Waals surface area contributed by atoms with Gasteiger partial charge in [0.05, 0.1) is 11.4 Å². The monoisotopic (exact) mass is 540 g/mol. The van der Waals surface area contributed by atoms with E-state index in [4.69, 9.17) is 9.98 Å². The van der Waals surface area contributed by atoms with Gasteiger partial charge in [0.1, 0.15) is 11.5 Å². The van der Waals surface area contributed by atoms with Gasteiger partial charge in [0, 0.05) is 34.7 Å². The number of phenolic OH excluding ortho intramolecular Hbond substituents is 2. The summed E-state index contributed by atoms with van der Waals surface area (Å²) in [5.41, 5.74) is 6.83. The molecule has 0 bridgehead atoms. The Morgan fingerprint density at radius 3 is 1.35 bits per heavy atom. The van der Waals surface area contributed by atoms with Gasteiger partial charge >= 0.3 is 0 Å². The fourth-order valence-corrected chi connectivity index (χ4v) is 4.68. The molecule has 0 saturated carbocycles. The van der Waals surface area contributed by atoms with E-state index in [1.165, 1.54) is 11.1 Å². The number of phenols is 2. The van der Waals surface area contributed by atoms with Gasteiger partial charge in [-0.05, 0) is 77.0 Å². The molecule has 0 aliphatic rings. The molecule has 0 fully saturated rings. The summed E-state index contributed by atoms with van der Waals surface area (Å²) in [5.74, 6) is 1.34. The van der Waals surface area contributed by atoms with Crippen molar-refractivity contribution in [1.82, 2.24) is 0 Å². The van der Waals surface area contributed by atoms with E-state index in [2.05, 4.69) is 81.4 Å². The summed E-state index contributed by atoms with van der Waals surface area (Å²) in [6.07, 6.45) is 5.54. The maximum atomic E-state index is 11.1. The van der Waals surface area contributed by atoms with Crippen molar-refractivity contribution in [2.45, 2.75) is 105 Å². The third-order valence-electron chi connectivity index (χ3n) is 7.84. The molecule has 4 nitrogen and oxygen atoms in total. The molecule has 0 saturated heterocycles. The molecule has 214 valence electrons. The molecule has 0 aromatic heterocycles. The van der Waals surface area contributed by atoms with Gasteiger partial charge in [-0.2, -0.15) is 0 Å². The quantitative estimate of drug-likeness (QED) is 0.279. The van der Waals surface area contributed by atoms with Crippen LogP contribution >= 0.6 is 0 Å². The average Bonchev–Trinajstić information content (AvgIpc) is 2.89. The molecule has 0 amide bonds. The van der Waals surface area contributed by atoms with Crippen molar-refractivity contribution in [2.24, 2.45) is 9.98 Å². The van der Waals surface area contributed by atoms with Crippen molar-refractivity contribution in [1.29, 1.82) is 0 Å². The van der Waals surface area contributed by atoms with Crippen LogP contribution < -0.4 is 0 Å². The Kier molecular flexibility index (Phi) is 9.66. The van der Waals surface area contributed by atoms with E-state index in [0.29, 0.717) is 11.8 Å². The lowest BCUT2D eigenvalue weighted by Gasteiger charge is -2.24. The van der Waals surface area contributed by atoms with E-state index in [1.807, 2.05) is 36.4 Å². The molecule has 2 atom stereocenters. The zero-order valence-electron chi connectivity index (χ0n) is 26.1. The molecule has 4 heteroatoms. The number of hydrogen-bond acceptors (Lipinski definition) is 4. The van der Waals surface area contributed by atoms with E-state index in [1.54, 1.807) is 12.4 Å². The molecule has 0 heterocycles. The highest BCUT2D eigenvalue weighted by molar-refractivity contribution is 5.88. The first-order valence-electron chi connectivity index (χ1n) is 14.6. The molecule has 0 aliphatic heterocycles. The molecule has 0 aliphatic carbocycles. The first kappa shape index (κ1) is 31.1. The van der Waals surface area contributed by atoms with Gasteiger partial charge in [-0.15, -0.1) is 0 Å². The van der Waals surface area contributed by atoms with E-state index in [-0.39, 0.29) is 22.3 Å². The minimum Gasteiger partial charge on any atom is -0.507 e. The number of aromatic hydroxyl groups is 2. The molecular weight excluding hydrogens is 492 g/mol. The first-order valence-corrected chi connectivity index (χ1v) is 14.6. The highest BCUT2D eigenvalue weighted by Crippen LogP contribution is 2.38. The smallest absolute Gasteiger partial charge is 0.128 e. The second kappa shape index (κ2) is 12.4. The number of rotatable bonds is 8. The summed E-state index contributed by atoms with van der Waals surface area (Å²) >= 11 is 0. The van der Waals surface area contributed by atoms with Gasteiger partial charge in [0.25, 0.3) is 0 Å². The largest absolute Gasteiger partial charge is 0.507 e. The van der Waals surface area contributed by atoms with Crippen LogP contribution in [0.4, 0.5) is 11.4 Å². The Labute approximate surface area is 241 Å². The molecule has 40 heavy (non-hydrogen) atoms. The van der Waals surface area contributed by atoms with Crippen LogP contribution in [0.1, 0.15) is 127 Å². The van der Waals surface area contributed by atoms with Crippen molar-refractivity contribution >= 4 is 23.8 Å². The Morgan fingerprint density at radius 1 is 0.650 bits per heavy atom. The summed E-state index contributed by atoms with van der Waals surface area (Å²) in [4.78, 5) is 9.41. The molecule has 2 N–H and O–H groups in total. The zero-order valence-corrected chi connectivity index (χ0v) is 26.1. The van der Waals surface area contributed by atoms with E-state index >= 15 is 0 Å². The molecule has 3 aromatic carbocycles. The van der Waals surface area contributed by atoms with Crippen LogP contribution in [0.3, 0.4) is 0 Å². The lowest BCUT2D eigenvalue weighted by atomic mass is 9.82. The summed E-state index contributed by atoms with van der Waals surface area (Å²) in [6, 6.07) is 16.0. The minimum atomic E-state index is -0.185. The van der Waals surface area contributed by atoms with Gasteiger partial charge < -0.3 is 10.2 Å². The summed E-state index contributed by atoms with van der Waals surface area (Å²) < 4.78 is 0. The Balaban J connectivity index is 1.98. The second-order valence-electron chi connectivity index (χ2n) is 13.2. The van der Waals surface area contributed by atoms with Gasteiger partial charge in [0.2, 0.25) is 0 Å². The highest BCUT2D eigenvalue weighted by Gasteiger charge is 2.23. The number of nitrogens with zero attached hydrogens (tertiary/aromatic N) is 2. The molecule has 0 radical (unpaired) electrons. The molecule has 3 aromatic rings. The standard InChI is InChI=1S/C36H48N2O2/c1-11-23(3)25-16-27(33(39)31(18-25)35(5,6)7)21-37-29-14-13-15-30(20-29)38-22-28-17-26(24(4)12-2)19-32(34(28)40)36(8,9)10/h13-24,39-40H,11-12H2,1-10H3. The van der Waals surface area contributed by atoms with Crippen molar-refractivity contribution in [3.05, 3.63) is 81.9 Å². The Hall–Kier alpha value is -3.40. The molecular formula is C36H48N2O2. The van der Waals surface area contributed by atoms with E-state index in [9.17, 15) is 10.2 Å². The SMILES string of the molecule is CCC(C)c1cc(C=Nc2cccc(N=Cc3cc(C(C)CC)cc(C(C)(C)C)c3O)c2)c(O)c(C(C)(C)C)c1. The third kappa shape index (κ3) is 7.41. The van der Waals surface area contributed by atoms with Gasteiger partial charge in [0.15, 0.2) is 0 Å². The predicted molar refractivity (Wildman–Crippen MR) is 172 cm³/mol. The topological polar surface area (TPSA) is 65.2 Å². The summed E-state index contributed by atoms with van der Waals surface area (Å²) in [5, 5.41) is 22.2. The Morgan fingerprint density at radius 2 is 1.02 bits per heavy atom. The number of hydrogen-bond donors (Lipinski definition) is 2. The average molecular weight is 541 g/mol. The van der Waals surface area contributed by atoms with Crippen LogP contribution in [0.15, 0.2) is 58.5 Å². The zero-order chi connectivity index (χ0) is 29.8. The fourth-order valence-electron chi connectivity index (χ4n) is 4.68. The summed E-state index contributed by atoms with van der Waals surface area (Å²) in [6.45, 7) is 21.5. The van der Waals surface area contributed by atoms with Gasteiger partial charge in [-0.1, -0.05) is 87.4 Å². The van der Waals surface area contributed by atoms with E-state index in [0.717, 1.165) is 46.5 Å². The van der Waals surface area contributed by atoms with Gasteiger partial charge in [-0.25, -0.2) is 0 Å². The fraction of sp³-hybridized carbons (Fsp3) is 0.444. The normalized spacial score (nSPS) is 14.2. The predicted octanol–water partition coefficient (Wildman–Crippen LogP) is 10.2. The lowest BCUT2D eigenvalue weighted by Crippen LogP contribution is -2.13. The number of benzene rings is 3. The van der Waals surface area contributed by atoms with Crippen LogP contribution in [0, 0.1) is 0 Å². The first-order chi connectivity index (χ1) is 18.6. The van der Waals surface area contributed by atoms with Crippen LogP contribution in [-0.4, -0.2) is 22.6 Å². The summed E-state index contributed by atoms with van der Waals surface area (Å²) in [7, 11) is 0. The minimum absolute atomic E-state index is 0.185. The van der Waals surface area contributed by atoms with Crippen LogP contribution in [-0.2, 0) is 10.8 Å². The number of aliphatic imine (C=N–C) groups is 2. The third-order valence-corrected chi connectivity index (χ3v) is 7.84. The maximum absolute atomic E-state index is 11.1. The molecule has 2 unspecified atom stereocenters. The molecule has 3 rings (SSSR count). The Bertz CT molecular complexity index is 1280. The maximum Gasteiger partial charge on any atom is 0.128 e.